The first-order chi connectivity index (χ1) is 8.60. The highest BCUT2D eigenvalue weighted by molar-refractivity contribution is 6.28. The van der Waals surface area contributed by atoms with Crippen LogP contribution in [0.15, 0.2) is 28.8 Å². The van der Waals surface area contributed by atoms with Gasteiger partial charge in [0.25, 0.3) is 0 Å². The summed E-state index contributed by atoms with van der Waals surface area (Å²) in [5.41, 5.74) is 3.67. The van der Waals surface area contributed by atoms with Gasteiger partial charge in [0.15, 0.2) is 5.22 Å². The van der Waals surface area contributed by atoms with Gasteiger partial charge >= 0.3 is 0 Å². The van der Waals surface area contributed by atoms with Gasteiger partial charge in [0.2, 0.25) is 0 Å². The highest BCUT2D eigenvalue weighted by atomic mass is 35.5. The standard InChI is InChI=1S/C12H17ClN4O/c1-8(2)17-6-5-9(16-17)7-10(15-14)11-3-4-12(13)18-11/h3-6,8,10,15H,7,14H2,1-2H3. The lowest BCUT2D eigenvalue weighted by molar-refractivity contribution is 0.412. The molecule has 0 saturated carbocycles. The summed E-state index contributed by atoms with van der Waals surface area (Å²) in [4.78, 5) is 0. The van der Waals surface area contributed by atoms with Gasteiger partial charge in [-0.05, 0) is 43.6 Å². The summed E-state index contributed by atoms with van der Waals surface area (Å²) in [6, 6.07) is 5.71. The first-order valence-corrected chi connectivity index (χ1v) is 6.23. The third-order valence-electron chi connectivity index (χ3n) is 2.74. The maximum absolute atomic E-state index is 5.76. The monoisotopic (exact) mass is 268 g/mol. The zero-order valence-corrected chi connectivity index (χ0v) is 11.2. The molecule has 1 atom stereocenters. The minimum atomic E-state index is -0.131. The normalized spacial score (nSPS) is 13.2. The van der Waals surface area contributed by atoms with E-state index < -0.39 is 0 Å². The second kappa shape index (κ2) is 5.56. The van der Waals surface area contributed by atoms with Gasteiger partial charge in [0.1, 0.15) is 5.76 Å². The molecule has 2 heterocycles. The number of nitrogens with one attached hydrogen (secondary N) is 1. The van der Waals surface area contributed by atoms with Crippen molar-refractivity contribution in [3.63, 3.8) is 0 Å². The van der Waals surface area contributed by atoms with E-state index in [4.69, 9.17) is 21.9 Å². The molecule has 6 heteroatoms. The van der Waals surface area contributed by atoms with Crippen LogP contribution >= 0.6 is 11.6 Å². The maximum atomic E-state index is 5.76. The summed E-state index contributed by atoms with van der Waals surface area (Å²) in [7, 11) is 0. The number of aromatic nitrogens is 2. The number of hydrogen-bond donors (Lipinski definition) is 2. The summed E-state index contributed by atoms with van der Waals surface area (Å²) >= 11 is 5.76. The summed E-state index contributed by atoms with van der Waals surface area (Å²) in [6.45, 7) is 4.17. The Kier molecular flexibility index (Phi) is 4.06. The van der Waals surface area contributed by atoms with Crippen LogP contribution in [0.4, 0.5) is 0 Å². The second-order valence-corrected chi connectivity index (χ2v) is 4.82. The molecule has 0 aliphatic rings. The Hall–Kier alpha value is -1.30. The van der Waals surface area contributed by atoms with Crippen molar-refractivity contribution in [3.05, 3.63) is 41.1 Å². The Morgan fingerprint density at radius 3 is 2.72 bits per heavy atom. The van der Waals surface area contributed by atoms with Crippen LogP contribution in [0.1, 0.15) is 37.4 Å². The van der Waals surface area contributed by atoms with E-state index in [1.54, 1.807) is 6.07 Å². The first-order valence-electron chi connectivity index (χ1n) is 5.85. The second-order valence-electron chi connectivity index (χ2n) is 4.45. The van der Waals surface area contributed by atoms with E-state index in [9.17, 15) is 0 Å². The smallest absolute Gasteiger partial charge is 0.193 e. The van der Waals surface area contributed by atoms with Crippen molar-refractivity contribution >= 4 is 11.6 Å². The molecule has 2 aromatic rings. The number of furan rings is 1. The van der Waals surface area contributed by atoms with Crippen LogP contribution < -0.4 is 11.3 Å². The minimum Gasteiger partial charge on any atom is -0.448 e. The molecule has 18 heavy (non-hydrogen) atoms. The molecule has 0 aliphatic heterocycles. The van der Waals surface area contributed by atoms with Gasteiger partial charge in [0.05, 0.1) is 11.7 Å². The van der Waals surface area contributed by atoms with E-state index in [1.165, 1.54) is 0 Å². The molecule has 5 nitrogen and oxygen atoms in total. The van der Waals surface area contributed by atoms with Crippen LogP contribution in [0.2, 0.25) is 5.22 Å². The van der Waals surface area contributed by atoms with Gasteiger partial charge in [-0.1, -0.05) is 0 Å². The van der Waals surface area contributed by atoms with Gasteiger partial charge < -0.3 is 4.42 Å². The number of nitrogens with zero attached hydrogens (tertiary/aromatic N) is 2. The fourth-order valence-corrected chi connectivity index (χ4v) is 1.89. The Balaban J connectivity index is 2.10. The number of rotatable bonds is 5. The summed E-state index contributed by atoms with van der Waals surface area (Å²) in [5.74, 6) is 6.25. The minimum absolute atomic E-state index is 0.131. The molecule has 0 saturated heterocycles. The molecular weight excluding hydrogens is 252 g/mol. The molecule has 0 bridgehead atoms. The molecule has 0 fully saturated rings. The molecule has 3 N–H and O–H groups in total. The van der Waals surface area contributed by atoms with Crippen LogP contribution in [0.3, 0.4) is 0 Å². The van der Waals surface area contributed by atoms with E-state index in [2.05, 4.69) is 24.4 Å². The quantitative estimate of drug-likeness (QED) is 0.646. The van der Waals surface area contributed by atoms with Crippen molar-refractivity contribution in [2.24, 2.45) is 5.84 Å². The molecule has 0 amide bonds. The van der Waals surface area contributed by atoms with Crippen LogP contribution in [0.5, 0.6) is 0 Å². The number of hydrogen-bond acceptors (Lipinski definition) is 4. The zero-order valence-electron chi connectivity index (χ0n) is 10.4. The lowest BCUT2D eigenvalue weighted by Gasteiger charge is -2.11. The fraction of sp³-hybridized carbons (Fsp3) is 0.417. The summed E-state index contributed by atoms with van der Waals surface area (Å²) < 4.78 is 7.27. The van der Waals surface area contributed by atoms with Crippen LogP contribution in [0, 0.1) is 0 Å². The van der Waals surface area contributed by atoms with Gasteiger partial charge in [-0.3, -0.25) is 10.5 Å². The Labute approximate surface area is 111 Å². The van der Waals surface area contributed by atoms with Crippen molar-refractivity contribution in [2.45, 2.75) is 32.4 Å². The maximum Gasteiger partial charge on any atom is 0.193 e. The molecule has 0 spiro atoms. The third-order valence-corrected chi connectivity index (χ3v) is 2.95. The van der Waals surface area contributed by atoms with Gasteiger partial charge in [-0.25, -0.2) is 5.43 Å². The predicted octanol–water partition coefficient (Wildman–Crippen LogP) is 2.46. The number of hydrazine groups is 1. The van der Waals surface area contributed by atoms with Crippen LogP contribution in [0.25, 0.3) is 0 Å². The van der Waals surface area contributed by atoms with Gasteiger partial charge in [-0.15, -0.1) is 0 Å². The lowest BCUT2D eigenvalue weighted by atomic mass is 10.1. The van der Waals surface area contributed by atoms with Gasteiger partial charge in [-0.2, -0.15) is 5.10 Å². The van der Waals surface area contributed by atoms with Crippen LogP contribution in [-0.2, 0) is 6.42 Å². The molecule has 2 rings (SSSR count). The molecule has 1 unspecified atom stereocenters. The average molecular weight is 269 g/mol. The fourth-order valence-electron chi connectivity index (χ4n) is 1.74. The van der Waals surface area contributed by atoms with Crippen molar-refractivity contribution in [1.82, 2.24) is 15.2 Å². The largest absolute Gasteiger partial charge is 0.448 e. The highest BCUT2D eigenvalue weighted by Gasteiger charge is 2.16. The van der Waals surface area contributed by atoms with Crippen molar-refractivity contribution in [1.29, 1.82) is 0 Å². The molecule has 2 aromatic heterocycles. The third kappa shape index (κ3) is 2.93. The summed E-state index contributed by atoms with van der Waals surface area (Å²) in [5, 5.41) is 4.84. The lowest BCUT2D eigenvalue weighted by Crippen LogP contribution is -2.29. The van der Waals surface area contributed by atoms with Crippen molar-refractivity contribution in [2.75, 3.05) is 0 Å². The topological polar surface area (TPSA) is 69.0 Å². The Morgan fingerprint density at radius 2 is 2.22 bits per heavy atom. The van der Waals surface area contributed by atoms with Gasteiger partial charge in [0, 0.05) is 18.7 Å². The molecular formula is C12H17ClN4O. The number of halogens is 1. The van der Waals surface area contributed by atoms with Crippen molar-refractivity contribution in [3.8, 4) is 0 Å². The average Bonchev–Trinajstić information content (AvgIpc) is 2.94. The molecule has 0 radical (unpaired) electrons. The molecule has 0 aliphatic carbocycles. The first kappa shape index (κ1) is 13.1. The van der Waals surface area contributed by atoms with E-state index in [0.717, 1.165) is 5.69 Å². The number of nitrogens with two attached hydrogens (primary N) is 1. The van der Waals surface area contributed by atoms with E-state index >= 15 is 0 Å². The van der Waals surface area contributed by atoms with E-state index in [-0.39, 0.29) is 6.04 Å². The molecule has 98 valence electrons. The van der Waals surface area contributed by atoms with Crippen molar-refractivity contribution < 1.29 is 4.42 Å². The van der Waals surface area contributed by atoms with Crippen LogP contribution in [-0.4, -0.2) is 9.78 Å². The predicted molar refractivity (Wildman–Crippen MR) is 70.1 cm³/mol. The Morgan fingerprint density at radius 1 is 1.44 bits per heavy atom. The zero-order chi connectivity index (χ0) is 13.1. The van der Waals surface area contributed by atoms with E-state index in [1.807, 2.05) is 23.0 Å². The Bertz CT molecular complexity index is 506. The highest BCUT2D eigenvalue weighted by Crippen LogP contribution is 2.22. The molecule has 0 aromatic carbocycles. The SMILES string of the molecule is CC(C)n1ccc(CC(NN)c2ccc(Cl)o2)n1. The van der Waals surface area contributed by atoms with E-state index in [0.29, 0.717) is 23.4 Å². The summed E-state index contributed by atoms with van der Waals surface area (Å²) in [6.07, 6.45) is 2.61.